The van der Waals surface area contributed by atoms with Gasteiger partial charge in [-0.2, -0.15) is 5.10 Å². The van der Waals surface area contributed by atoms with Crippen molar-refractivity contribution in [3.05, 3.63) is 40.8 Å². The monoisotopic (exact) mass is 355 g/mol. The molecule has 0 spiro atoms. The molecule has 1 fully saturated rings. The van der Waals surface area contributed by atoms with Crippen LogP contribution in [0.25, 0.3) is 0 Å². The average Bonchev–Trinajstić information content (AvgIpc) is 3.27. The van der Waals surface area contributed by atoms with Gasteiger partial charge in [-0.3, -0.25) is 14.8 Å². The highest BCUT2D eigenvalue weighted by Gasteiger charge is 2.32. The van der Waals surface area contributed by atoms with Crippen molar-refractivity contribution in [2.75, 3.05) is 20.2 Å². The molecule has 0 bridgehead atoms. The van der Waals surface area contributed by atoms with Gasteiger partial charge in [0.2, 0.25) is 5.88 Å². The number of aromatic amines is 1. The van der Waals surface area contributed by atoms with E-state index in [0.29, 0.717) is 24.2 Å². The topological polar surface area (TPSA) is 74.3 Å². The molecule has 2 aliphatic heterocycles. The van der Waals surface area contributed by atoms with Crippen molar-refractivity contribution < 1.29 is 9.53 Å². The van der Waals surface area contributed by atoms with E-state index in [0.717, 1.165) is 55.7 Å². The Morgan fingerprint density at radius 1 is 1.42 bits per heavy atom. The molecule has 138 valence electrons. The van der Waals surface area contributed by atoms with Gasteiger partial charge < -0.3 is 9.64 Å². The summed E-state index contributed by atoms with van der Waals surface area (Å²) in [5, 5.41) is 7.46. The molecule has 0 aromatic carbocycles. The summed E-state index contributed by atoms with van der Waals surface area (Å²) in [6.45, 7) is 5.33. The SMILES string of the molecule is COc1ncccc1CN1CCc2[nH]nc(C(=O)N3CCC[C@H]3C)c2C1. The van der Waals surface area contributed by atoms with Crippen LogP contribution in [0.2, 0.25) is 0 Å². The van der Waals surface area contributed by atoms with Crippen LogP contribution in [0.5, 0.6) is 5.88 Å². The van der Waals surface area contributed by atoms with Gasteiger partial charge in [0.1, 0.15) is 0 Å². The van der Waals surface area contributed by atoms with Crippen LogP contribution in [0.1, 0.15) is 47.1 Å². The number of hydrogen-bond donors (Lipinski definition) is 1. The molecule has 2 aromatic heterocycles. The number of nitrogens with zero attached hydrogens (tertiary/aromatic N) is 4. The van der Waals surface area contributed by atoms with Crippen molar-refractivity contribution in [3.8, 4) is 5.88 Å². The summed E-state index contributed by atoms with van der Waals surface area (Å²) >= 11 is 0. The fourth-order valence-electron chi connectivity index (χ4n) is 4.00. The van der Waals surface area contributed by atoms with Crippen molar-refractivity contribution in [1.82, 2.24) is 25.0 Å². The second-order valence-electron chi connectivity index (χ2n) is 7.15. The standard InChI is InChI=1S/C19H25N5O2/c1-13-5-4-9-24(13)19(25)17-15-12-23(10-7-16(15)21-22-17)11-14-6-3-8-20-18(14)26-2/h3,6,8,13H,4-5,7,9-12H2,1-2H3,(H,21,22)/t13-/m1/s1. The van der Waals surface area contributed by atoms with Crippen LogP contribution >= 0.6 is 0 Å². The molecule has 7 nitrogen and oxygen atoms in total. The van der Waals surface area contributed by atoms with E-state index in [-0.39, 0.29) is 5.91 Å². The fourth-order valence-corrected chi connectivity index (χ4v) is 4.00. The zero-order valence-corrected chi connectivity index (χ0v) is 15.4. The maximum Gasteiger partial charge on any atom is 0.274 e. The third kappa shape index (κ3) is 3.07. The number of carbonyl (C=O) groups excluding carboxylic acids is 1. The van der Waals surface area contributed by atoms with E-state index in [1.165, 1.54) is 0 Å². The van der Waals surface area contributed by atoms with Crippen molar-refractivity contribution in [3.63, 3.8) is 0 Å². The van der Waals surface area contributed by atoms with Crippen LogP contribution < -0.4 is 4.74 Å². The number of pyridine rings is 1. The Labute approximate surface area is 153 Å². The number of methoxy groups -OCH3 is 1. The van der Waals surface area contributed by atoms with E-state index >= 15 is 0 Å². The molecule has 1 atom stereocenters. The molecule has 26 heavy (non-hydrogen) atoms. The number of H-pyrrole nitrogens is 1. The van der Waals surface area contributed by atoms with E-state index < -0.39 is 0 Å². The molecular formula is C19H25N5O2. The summed E-state index contributed by atoms with van der Waals surface area (Å²) in [7, 11) is 1.64. The lowest BCUT2D eigenvalue weighted by Crippen LogP contribution is -2.36. The van der Waals surface area contributed by atoms with Gasteiger partial charge in [0.05, 0.1) is 7.11 Å². The Morgan fingerprint density at radius 3 is 3.08 bits per heavy atom. The van der Waals surface area contributed by atoms with Crippen molar-refractivity contribution in [1.29, 1.82) is 0 Å². The summed E-state index contributed by atoms with van der Waals surface area (Å²) in [6, 6.07) is 4.26. The Bertz CT molecular complexity index is 803. The minimum Gasteiger partial charge on any atom is -0.481 e. The molecule has 1 saturated heterocycles. The fraction of sp³-hybridized carbons (Fsp3) is 0.526. The first kappa shape index (κ1) is 17.0. The molecule has 2 aromatic rings. The van der Waals surface area contributed by atoms with Gasteiger partial charge in [-0.05, 0) is 25.8 Å². The maximum absolute atomic E-state index is 13.0. The van der Waals surface area contributed by atoms with Gasteiger partial charge in [0, 0.05) is 61.7 Å². The van der Waals surface area contributed by atoms with E-state index in [1.54, 1.807) is 13.3 Å². The number of carbonyl (C=O) groups is 1. The van der Waals surface area contributed by atoms with Crippen molar-refractivity contribution >= 4 is 5.91 Å². The van der Waals surface area contributed by atoms with Gasteiger partial charge in [0.25, 0.3) is 5.91 Å². The Hall–Kier alpha value is -2.41. The molecule has 0 saturated carbocycles. The van der Waals surface area contributed by atoms with E-state index in [4.69, 9.17) is 4.74 Å². The number of hydrogen-bond acceptors (Lipinski definition) is 5. The zero-order valence-electron chi connectivity index (χ0n) is 15.4. The minimum absolute atomic E-state index is 0.0632. The molecule has 4 rings (SSSR count). The van der Waals surface area contributed by atoms with Crippen LogP contribution in [-0.2, 0) is 19.5 Å². The van der Waals surface area contributed by atoms with E-state index in [1.807, 2.05) is 17.0 Å². The lowest BCUT2D eigenvalue weighted by molar-refractivity contribution is 0.0738. The largest absolute Gasteiger partial charge is 0.481 e. The van der Waals surface area contributed by atoms with Crippen molar-refractivity contribution in [2.24, 2.45) is 0 Å². The highest BCUT2D eigenvalue weighted by atomic mass is 16.5. The van der Waals surface area contributed by atoms with Gasteiger partial charge in [0.15, 0.2) is 5.69 Å². The Balaban J connectivity index is 1.53. The Morgan fingerprint density at radius 2 is 2.31 bits per heavy atom. The number of nitrogens with one attached hydrogen (secondary N) is 1. The predicted octanol–water partition coefficient (Wildman–Crippen LogP) is 2.00. The number of rotatable bonds is 4. The van der Waals surface area contributed by atoms with Crippen LogP contribution in [0.15, 0.2) is 18.3 Å². The van der Waals surface area contributed by atoms with Gasteiger partial charge in [-0.25, -0.2) is 4.98 Å². The first-order valence-corrected chi connectivity index (χ1v) is 9.24. The second kappa shape index (κ2) is 7.07. The highest BCUT2D eigenvalue weighted by Crippen LogP contribution is 2.26. The molecule has 2 aliphatic rings. The number of ether oxygens (including phenoxy) is 1. The summed E-state index contributed by atoms with van der Waals surface area (Å²) in [6.07, 6.45) is 4.76. The van der Waals surface area contributed by atoms with Gasteiger partial charge in [-0.1, -0.05) is 6.07 Å². The van der Waals surface area contributed by atoms with Crippen LogP contribution in [-0.4, -0.2) is 57.1 Å². The van der Waals surface area contributed by atoms with Gasteiger partial charge in [-0.15, -0.1) is 0 Å². The van der Waals surface area contributed by atoms with Crippen LogP contribution in [0, 0.1) is 0 Å². The second-order valence-corrected chi connectivity index (χ2v) is 7.15. The molecular weight excluding hydrogens is 330 g/mol. The van der Waals surface area contributed by atoms with E-state index in [9.17, 15) is 4.79 Å². The molecule has 0 aliphatic carbocycles. The highest BCUT2D eigenvalue weighted by molar-refractivity contribution is 5.94. The molecule has 0 unspecified atom stereocenters. The number of likely N-dealkylation sites (tertiary alicyclic amines) is 1. The smallest absolute Gasteiger partial charge is 0.274 e. The van der Waals surface area contributed by atoms with E-state index in [2.05, 4.69) is 27.0 Å². The van der Waals surface area contributed by atoms with Gasteiger partial charge >= 0.3 is 0 Å². The molecule has 7 heteroatoms. The third-order valence-electron chi connectivity index (χ3n) is 5.47. The number of aromatic nitrogens is 3. The quantitative estimate of drug-likeness (QED) is 0.908. The first-order chi connectivity index (χ1) is 12.7. The Kier molecular flexibility index (Phi) is 4.63. The normalized spacial score (nSPS) is 20.2. The average molecular weight is 355 g/mol. The summed E-state index contributed by atoms with van der Waals surface area (Å²) in [4.78, 5) is 21.5. The maximum atomic E-state index is 13.0. The molecule has 0 radical (unpaired) electrons. The first-order valence-electron chi connectivity index (χ1n) is 9.24. The third-order valence-corrected chi connectivity index (χ3v) is 5.47. The summed E-state index contributed by atoms with van der Waals surface area (Å²) in [5.74, 6) is 0.723. The lowest BCUT2D eigenvalue weighted by Gasteiger charge is -2.28. The summed E-state index contributed by atoms with van der Waals surface area (Å²) < 4.78 is 5.37. The molecule has 1 amide bonds. The lowest BCUT2D eigenvalue weighted by atomic mass is 10.0. The minimum atomic E-state index is 0.0632. The van der Waals surface area contributed by atoms with Crippen LogP contribution in [0.4, 0.5) is 0 Å². The molecule has 1 N–H and O–H groups in total. The molecule has 4 heterocycles. The van der Waals surface area contributed by atoms with Crippen molar-refractivity contribution in [2.45, 2.75) is 45.3 Å². The number of amides is 1. The zero-order chi connectivity index (χ0) is 18.1. The predicted molar refractivity (Wildman–Crippen MR) is 96.9 cm³/mol. The van der Waals surface area contributed by atoms with Crippen LogP contribution in [0.3, 0.4) is 0 Å². The summed E-state index contributed by atoms with van der Waals surface area (Å²) in [5.41, 5.74) is 3.79. The number of fused-ring (bicyclic) bond motifs is 1.